The Morgan fingerprint density at radius 1 is 1.14 bits per heavy atom. The van der Waals surface area contributed by atoms with E-state index in [0.717, 1.165) is 51.4 Å². The van der Waals surface area contributed by atoms with Gasteiger partial charge < -0.3 is 24.2 Å². The van der Waals surface area contributed by atoms with Crippen LogP contribution in [0.25, 0.3) is 0 Å². The summed E-state index contributed by atoms with van der Waals surface area (Å²) in [6, 6.07) is 0.0560. The fraction of sp³-hybridized carbons (Fsp3) is 0.889. The molecule has 1 saturated heterocycles. The third-order valence-electron chi connectivity index (χ3n) is 8.37. The van der Waals surface area contributed by atoms with Gasteiger partial charge in [0.15, 0.2) is 0 Å². The number of carbonyl (C=O) groups excluding carboxylic acids is 2. The second kappa shape index (κ2) is 11.0. The summed E-state index contributed by atoms with van der Waals surface area (Å²) in [5.74, 6) is 0.901. The Morgan fingerprint density at radius 3 is 2.50 bits per heavy atom. The van der Waals surface area contributed by atoms with Crippen molar-refractivity contribution in [2.75, 3.05) is 46.1 Å². The van der Waals surface area contributed by atoms with Gasteiger partial charge in [-0.05, 0) is 90.7 Å². The van der Waals surface area contributed by atoms with E-state index in [0.29, 0.717) is 44.7 Å². The topological polar surface area (TPSA) is 101 Å². The summed E-state index contributed by atoms with van der Waals surface area (Å²) in [7, 11) is 0. The molecule has 5 aliphatic rings. The molecule has 3 unspecified atom stereocenters. The number of aliphatic hydroxyl groups is 1. The van der Waals surface area contributed by atoms with Crippen LogP contribution in [0.3, 0.4) is 0 Å². The highest BCUT2D eigenvalue weighted by atomic mass is 16.6. The molecule has 0 aromatic rings. The minimum Gasteiger partial charge on any atom is -0.444 e. The number of carbonyl (C=O) groups is 2. The maximum Gasteiger partial charge on any atom is 0.411 e. The van der Waals surface area contributed by atoms with Crippen LogP contribution in [0.4, 0.5) is 4.79 Å². The van der Waals surface area contributed by atoms with E-state index >= 15 is 0 Å². The smallest absolute Gasteiger partial charge is 0.411 e. The zero-order valence-electron chi connectivity index (χ0n) is 22.4. The largest absolute Gasteiger partial charge is 0.444 e. The van der Waals surface area contributed by atoms with Gasteiger partial charge in [0.25, 0.3) is 0 Å². The number of rotatable bonds is 11. The molecule has 1 heterocycles. The van der Waals surface area contributed by atoms with E-state index in [9.17, 15) is 9.59 Å². The molecule has 0 aromatic heterocycles. The number of nitrogens with zero attached hydrogens (tertiary/aromatic N) is 3. The number of likely N-dealkylation sites (tertiary alicyclic amines) is 1. The first kappa shape index (κ1) is 27.3. The molecule has 1 aliphatic heterocycles. The third-order valence-corrected chi connectivity index (χ3v) is 8.37. The molecule has 2 amide bonds. The first-order valence-corrected chi connectivity index (χ1v) is 13.6. The maximum atomic E-state index is 13.7. The number of aliphatic hydroxyl groups excluding tert-OH is 1. The Morgan fingerprint density at radius 2 is 1.86 bits per heavy atom. The predicted octanol–water partition coefficient (Wildman–Crippen LogP) is 3.03. The lowest BCUT2D eigenvalue weighted by Gasteiger charge is -2.64. The Kier molecular flexibility index (Phi) is 8.32. The quantitative estimate of drug-likeness (QED) is 0.341. The molecule has 9 nitrogen and oxygen atoms in total. The van der Waals surface area contributed by atoms with E-state index in [2.05, 4.69) is 11.7 Å². The highest BCUT2D eigenvalue weighted by molar-refractivity contribution is 5.83. The minimum absolute atomic E-state index is 0.00197. The first-order valence-electron chi connectivity index (χ1n) is 13.6. The summed E-state index contributed by atoms with van der Waals surface area (Å²) < 4.78 is 17.8. The van der Waals surface area contributed by atoms with E-state index < -0.39 is 17.2 Å². The molecule has 5 atom stereocenters. The maximum absolute atomic E-state index is 13.7. The molecule has 4 saturated carbocycles. The van der Waals surface area contributed by atoms with Crippen LogP contribution in [0.1, 0.15) is 72.1 Å². The summed E-state index contributed by atoms with van der Waals surface area (Å²) in [5, 5.41) is 8.97. The summed E-state index contributed by atoms with van der Waals surface area (Å²) in [4.78, 5) is 35.0. The standard InChI is InChI=1S/C27H45N3O6/c1-25(2,3)36-24(33)30(18-23(32)29-7-5-6-22(29)17-28-4)26-13-20-12-21(14-26)16-27(15-20,19-26)35-11-10-34-9-8-31/h20-22,31H,4-19H2,1-3H3/t20-,21?,22-,26?,27?/m0/s1. The summed E-state index contributed by atoms with van der Waals surface area (Å²) in [6.07, 6.45) is 7.09. The number of amides is 2. The number of hydrogen-bond acceptors (Lipinski definition) is 7. The fourth-order valence-electron chi connectivity index (χ4n) is 7.57. The Labute approximate surface area is 215 Å². The average molecular weight is 508 g/mol. The molecule has 9 heteroatoms. The van der Waals surface area contributed by atoms with Crippen molar-refractivity contribution in [2.45, 2.75) is 94.9 Å². The molecule has 0 aromatic carbocycles. The van der Waals surface area contributed by atoms with Gasteiger partial charge in [-0.2, -0.15) is 0 Å². The molecular formula is C27H45N3O6. The van der Waals surface area contributed by atoms with E-state index in [1.807, 2.05) is 25.7 Å². The van der Waals surface area contributed by atoms with Gasteiger partial charge in [0, 0.05) is 6.54 Å². The summed E-state index contributed by atoms with van der Waals surface area (Å²) >= 11 is 0. The van der Waals surface area contributed by atoms with Crippen LogP contribution < -0.4 is 0 Å². The van der Waals surface area contributed by atoms with Crippen LogP contribution in [-0.4, -0.2) is 102 Å². The van der Waals surface area contributed by atoms with Crippen molar-refractivity contribution in [1.82, 2.24) is 9.80 Å². The van der Waals surface area contributed by atoms with Crippen LogP contribution in [0.2, 0.25) is 0 Å². The van der Waals surface area contributed by atoms with Crippen molar-refractivity contribution >= 4 is 18.7 Å². The Bertz CT molecular complexity index is 798. The summed E-state index contributed by atoms with van der Waals surface area (Å²) in [5.41, 5.74) is -1.40. The van der Waals surface area contributed by atoms with Crippen molar-refractivity contribution in [2.24, 2.45) is 16.8 Å². The zero-order chi connectivity index (χ0) is 26.0. The van der Waals surface area contributed by atoms with Gasteiger partial charge in [0.1, 0.15) is 12.1 Å². The first-order chi connectivity index (χ1) is 17.1. The van der Waals surface area contributed by atoms with Crippen molar-refractivity contribution in [1.29, 1.82) is 0 Å². The van der Waals surface area contributed by atoms with Gasteiger partial charge in [-0.25, -0.2) is 4.79 Å². The van der Waals surface area contributed by atoms with Gasteiger partial charge in [-0.1, -0.05) is 0 Å². The van der Waals surface area contributed by atoms with Crippen molar-refractivity contribution in [3.8, 4) is 0 Å². The lowest BCUT2D eigenvalue weighted by molar-refractivity contribution is -0.202. The fourth-order valence-corrected chi connectivity index (χ4v) is 7.57. The molecule has 4 bridgehead atoms. The minimum atomic E-state index is -0.651. The Balaban J connectivity index is 1.55. The second-order valence-electron chi connectivity index (χ2n) is 12.4. The molecule has 0 spiro atoms. The van der Waals surface area contributed by atoms with Gasteiger partial charge in [0.2, 0.25) is 5.91 Å². The van der Waals surface area contributed by atoms with Crippen molar-refractivity contribution in [3.63, 3.8) is 0 Å². The van der Waals surface area contributed by atoms with E-state index in [-0.39, 0.29) is 30.7 Å². The van der Waals surface area contributed by atoms with E-state index in [4.69, 9.17) is 19.3 Å². The number of ether oxygens (including phenoxy) is 3. The van der Waals surface area contributed by atoms with Gasteiger partial charge in [-0.3, -0.25) is 14.7 Å². The van der Waals surface area contributed by atoms with Crippen molar-refractivity contribution < 1.29 is 28.9 Å². The van der Waals surface area contributed by atoms with Crippen molar-refractivity contribution in [3.05, 3.63) is 0 Å². The van der Waals surface area contributed by atoms with Crippen LogP contribution in [0.15, 0.2) is 4.99 Å². The second-order valence-corrected chi connectivity index (χ2v) is 12.4. The van der Waals surface area contributed by atoms with Gasteiger partial charge >= 0.3 is 6.09 Å². The third kappa shape index (κ3) is 6.05. The molecule has 5 fully saturated rings. The highest BCUT2D eigenvalue weighted by Gasteiger charge is 2.62. The molecule has 36 heavy (non-hydrogen) atoms. The average Bonchev–Trinajstić information content (AvgIpc) is 3.23. The monoisotopic (exact) mass is 507 g/mol. The number of hydrogen-bond donors (Lipinski definition) is 1. The van der Waals surface area contributed by atoms with Crippen LogP contribution in [-0.2, 0) is 19.0 Å². The zero-order valence-corrected chi connectivity index (χ0v) is 22.4. The summed E-state index contributed by atoms with van der Waals surface area (Å²) in [6.45, 7) is 11.7. The number of aliphatic imine (C=N–C) groups is 1. The predicted molar refractivity (Wildman–Crippen MR) is 136 cm³/mol. The normalized spacial score (nSPS) is 33.1. The SMILES string of the molecule is C=NC[C@@H]1CCCN1C(=O)CN(C(=O)OC(C)(C)C)C12CC3C[C@H](CC(OCCOCCO)(C3)C1)C2. The lowest BCUT2D eigenvalue weighted by atomic mass is 9.50. The van der Waals surface area contributed by atoms with Gasteiger partial charge in [0.05, 0.1) is 50.2 Å². The van der Waals surface area contributed by atoms with Crippen LogP contribution in [0.5, 0.6) is 0 Å². The Hall–Kier alpha value is -1.71. The molecule has 1 N–H and O–H groups in total. The molecule has 0 radical (unpaired) electrons. The molecule has 204 valence electrons. The van der Waals surface area contributed by atoms with E-state index in [1.54, 1.807) is 4.90 Å². The van der Waals surface area contributed by atoms with Gasteiger partial charge in [-0.15, -0.1) is 0 Å². The van der Waals surface area contributed by atoms with E-state index in [1.165, 1.54) is 0 Å². The van der Waals surface area contributed by atoms with Crippen LogP contribution in [0, 0.1) is 11.8 Å². The highest BCUT2D eigenvalue weighted by Crippen LogP contribution is 2.61. The molecular weight excluding hydrogens is 462 g/mol. The lowest BCUT2D eigenvalue weighted by Crippen LogP contribution is -2.68. The van der Waals surface area contributed by atoms with Crippen LogP contribution >= 0.6 is 0 Å². The molecule has 5 rings (SSSR count). The molecule has 4 aliphatic carbocycles.